The van der Waals surface area contributed by atoms with E-state index in [9.17, 15) is 9.59 Å². The number of nitrogens with zero attached hydrogens (tertiary/aromatic N) is 4. The zero-order chi connectivity index (χ0) is 21.5. The van der Waals surface area contributed by atoms with Gasteiger partial charge in [-0.1, -0.05) is 6.58 Å². The molecular formula is C23H36N4O2S. The van der Waals surface area contributed by atoms with Crippen LogP contribution < -0.4 is 0 Å². The van der Waals surface area contributed by atoms with Gasteiger partial charge in [0.05, 0.1) is 6.20 Å². The van der Waals surface area contributed by atoms with E-state index in [1.807, 2.05) is 10.9 Å². The maximum atomic E-state index is 13.0. The number of thiol groups is 1. The van der Waals surface area contributed by atoms with E-state index < -0.39 is 0 Å². The van der Waals surface area contributed by atoms with Crippen molar-refractivity contribution in [3.8, 4) is 0 Å². The van der Waals surface area contributed by atoms with Crippen molar-refractivity contribution in [1.29, 1.82) is 0 Å². The molecule has 0 bridgehead atoms. The number of piperidine rings is 2. The molecule has 1 aromatic rings. The fraction of sp³-hybridized carbons (Fsp3) is 0.696. The molecule has 2 aliphatic rings. The van der Waals surface area contributed by atoms with E-state index in [4.69, 9.17) is 0 Å². The summed E-state index contributed by atoms with van der Waals surface area (Å²) < 4.78 is 1.97. The molecule has 0 N–H and O–H groups in total. The number of carbonyl (C=O) groups excluding carboxylic acids is 2. The molecule has 0 atom stereocenters. The van der Waals surface area contributed by atoms with E-state index in [0.717, 1.165) is 82.7 Å². The first-order valence-electron chi connectivity index (χ1n) is 11.3. The Labute approximate surface area is 186 Å². The Kier molecular flexibility index (Phi) is 8.57. The van der Waals surface area contributed by atoms with Gasteiger partial charge < -0.3 is 9.80 Å². The van der Waals surface area contributed by atoms with Crippen molar-refractivity contribution in [1.82, 2.24) is 19.6 Å². The molecule has 6 nitrogen and oxygen atoms in total. The molecule has 166 valence electrons. The van der Waals surface area contributed by atoms with Crippen molar-refractivity contribution in [2.45, 2.75) is 63.3 Å². The Hall–Kier alpha value is -1.60. The summed E-state index contributed by atoms with van der Waals surface area (Å²) in [6.07, 6.45) is 10.3. The van der Waals surface area contributed by atoms with Gasteiger partial charge >= 0.3 is 0 Å². The molecule has 2 aliphatic heterocycles. The summed E-state index contributed by atoms with van der Waals surface area (Å²) in [4.78, 5) is 30.0. The zero-order valence-electron chi connectivity index (χ0n) is 18.3. The third kappa shape index (κ3) is 6.71. The molecule has 0 unspecified atom stereocenters. The molecular weight excluding hydrogens is 396 g/mol. The SMILES string of the molecule is C=C(C)C(=O)CCCCN1CCC(C(=O)N2CCC(Cn3cc(S)cn3)CC2)CC1. The number of hydrogen-bond donors (Lipinski definition) is 1. The van der Waals surface area contributed by atoms with Gasteiger partial charge in [0.25, 0.3) is 0 Å². The highest BCUT2D eigenvalue weighted by molar-refractivity contribution is 7.80. The molecule has 1 amide bonds. The van der Waals surface area contributed by atoms with Crippen LogP contribution >= 0.6 is 12.6 Å². The van der Waals surface area contributed by atoms with Crippen molar-refractivity contribution in [2.75, 3.05) is 32.7 Å². The smallest absolute Gasteiger partial charge is 0.225 e. The third-order valence-electron chi connectivity index (χ3n) is 6.53. The molecule has 3 heterocycles. The number of carbonyl (C=O) groups is 2. The molecule has 0 saturated carbocycles. The predicted octanol–water partition coefficient (Wildman–Crippen LogP) is 3.44. The highest BCUT2D eigenvalue weighted by atomic mass is 32.1. The summed E-state index contributed by atoms with van der Waals surface area (Å²) in [5, 5.41) is 4.32. The Morgan fingerprint density at radius 3 is 2.43 bits per heavy atom. The van der Waals surface area contributed by atoms with Crippen LogP contribution in [0.4, 0.5) is 0 Å². The van der Waals surface area contributed by atoms with Crippen molar-refractivity contribution >= 4 is 24.3 Å². The van der Waals surface area contributed by atoms with Crippen molar-refractivity contribution in [3.63, 3.8) is 0 Å². The second kappa shape index (κ2) is 11.1. The minimum absolute atomic E-state index is 0.180. The van der Waals surface area contributed by atoms with E-state index in [0.29, 0.717) is 23.8 Å². The lowest BCUT2D eigenvalue weighted by Crippen LogP contribution is -2.46. The molecule has 0 spiro atoms. The summed E-state index contributed by atoms with van der Waals surface area (Å²) in [6.45, 7) is 11.2. The molecule has 2 saturated heterocycles. The Balaban J connectivity index is 1.31. The lowest BCUT2D eigenvalue weighted by Gasteiger charge is -2.37. The Morgan fingerprint density at radius 1 is 1.13 bits per heavy atom. The number of rotatable bonds is 9. The van der Waals surface area contributed by atoms with Crippen LogP contribution in [-0.4, -0.2) is 64.0 Å². The van der Waals surface area contributed by atoms with Gasteiger partial charge in [-0.25, -0.2) is 0 Å². The van der Waals surface area contributed by atoms with Gasteiger partial charge in [-0.15, -0.1) is 12.6 Å². The number of Topliss-reactive ketones (excluding diaryl/α,β-unsaturated/α-hetero) is 1. The molecule has 1 aromatic heterocycles. The van der Waals surface area contributed by atoms with Crippen LogP contribution in [-0.2, 0) is 16.1 Å². The quantitative estimate of drug-likeness (QED) is 0.369. The highest BCUT2D eigenvalue weighted by Crippen LogP contribution is 2.25. The van der Waals surface area contributed by atoms with Crippen LogP contribution in [0.15, 0.2) is 29.4 Å². The number of hydrogen-bond acceptors (Lipinski definition) is 5. The molecule has 3 rings (SSSR count). The lowest BCUT2D eigenvalue weighted by atomic mass is 9.92. The second-order valence-electron chi connectivity index (χ2n) is 8.97. The zero-order valence-corrected chi connectivity index (χ0v) is 19.2. The van der Waals surface area contributed by atoms with Crippen molar-refractivity contribution in [3.05, 3.63) is 24.5 Å². The summed E-state index contributed by atoms with van der Waals surface area (Å²) in [5.41, 5.74) is 0.659. The monoisotopic (exact) mass is 432 g/mol. The van der Waals surface area contributed by atoms with E-state index in [1.54, 1.807) is 13.1 Å². The first kappa shape index (κ1) is 23.1. The largest absolute Gasteiger partial charge is 0.342 e. The van der Waals surface area contributed by atoms with E-state index >= 15 is 0 Å². The minimum Gasteiger partial charge on any atom is -0.342 e. The average Bonchev–Trinajstić information content (AvgIpc) is 3.16. The van der Waals surface area contributed by atoms with Crippen molar-refractivity contribution in [2.24, 2.45) is 11.8 Å². The highest BCUT2D eigenvalue weighted by Gasteiger charge is 2.30. The number of aromatic nitrogens is 2. The summed E-state index contributed by atoms with van der Waals surface area (Å²) in [6, 6.07) is 0. The predicted molar refractivity (Wildman–Crippen MR) is 122 cm³/mol. The van der Waals surface area contributed by atoms with E-state index in [1.165, 1.54) is 0 Å². The maximum absolute atomic E-state index is 13.0. The number of unbranched alkanes of at least 4 members (excludes halogenated alkanes) is 1. The molecule has 0 radical (unpaired) electrons. The fourth-order valence-corrected chi connectivity index (χ4v) is 4.73. The second-order valence-corrected chi connectivity index (χ2v) is 9.48. The first-order chi connectivity index (χ1) is 14.4. The minimum atomic E-state index is 0.180. The van der Waals surface area contributed by atoms with Crippen molar-refractivity contribution < 1.29 is 9.59 Å². The standard InChI is InChI=1S/C23H36N4O2S/c1-18(2)22(28)5-3-4-10-25-11-8-20(9-12-25)23(29)26-13-6-19(7-14-26)16-27-17-21(30)15-24-27/h15,17,19-20,30H,1,3-14,16H2,2H3. The van der Waals surface area contributed by atoms with Crippen LogP contribution in [0.1, 0.15) is 51.9 Å². The number of ketones is 1. The Morgan fingerprint density at radius 2 is 1.83 bits per heavy atom. The van der Waals surface area contributed by atoms with Crippen LogP contribution in [0, 0.1) is 11.8 Å². The van der Waals surface area contributed by atoms with Gasteiger partial charge in [0.1, 0.15) is 0 Å². The first-order valence-corrected chi connectivity index (χ1v) is 11.8. The molecule has 0 aromatic carbocycles. The van der Waals surface area contributed by atoms with Gasteiger partial charge in [0, 0.05) is 43.1 Å². The van der Waals surface area contributed by atoms with Crippen LogP contribution in [0.2, 0.25) is 0 Å². The third-order valence-corrected chi connectivity index (χ3v) is 6.76. The molecule has 30 heavy (non-hydrogen) atoms. The fourth-order valence-electron chi connectivity index (χ4n) is 4.55. The maximum Gasteiger partial charge on any atom is 0.225 e. The topological polar surface area (TPSA) is 58.4 Å². The number of allylic oxidation sites excluding steroid dienone is 1. The van der Waals surface area contributed by atoms with Gasteiger partial charge in [-0.3, -0.25) is 14.3 Å². The van der Waals surface area contributed by atoms with Gasteiger partial charge in [0.2, 0.25) is 5.91 Å². The number of likely N-dealkylation sites (tertiary alicyclic amines) is 2. The van der Waals surface area contributed by atoms with E-state index in [-0.39, 0.29) is 11.7 Å². The van der Waals surface area contributed by atoms with Crippen LogP contribution in [0.25, 0.3) is 0 Å². The molecule has 7 heteroatoms. The number of amides is 1. The normalized spacial score (nSPS) is 19.2. The van der Waals surface area contributed by atoms with Gasteiger partial charge in [0.15, 0.2) is 5.78 Å². The summed E-state index contributed by atoms with van der Waals surface area (Å²) in [5.74, 6) is 1.30. The average molecular weight is 433 g/mol. The van der Waals surface area contributed by atoms with Gasteiger partial charge in [-0.2, -0.15) is 5.10 Å². The lowest BCUT2D eigenvalue weighted by molar-refractivity contribution is -0.138. The Bertz CT molecular complexity index is 731. The van der Waals surface area contributed by atoms with Crippen LogP contribution in [0.5, 0.6) is 0 Å². The summed E-state index contributed by atoms with van der Waals surface area (Å²) >= 11 is 4.31. The molecule has 2 fully saturated rings. The molecule has 0 aliphatic carbocycles. The van der Waals surface area contributed by atoms with Gasteiger partial charge in [-0.05, 0) is 76.6 Å². The van der Waals surface area contributed by atoms with Crippen LogP contribution in [0.3, 0.4) is 0 Å². The summed E-state index contributed by atoms with van der Waals surface area (Å²) in [7, 11) is 0. The van der Waals surface area contributed by atoms with E-state index in [2.05, 4.69) is 34.1 Å².